The second kappa shape index (κ2) is 7.47. The zero-order chi connectivity index (χ0) is 14.4. The first-order chi connectivity index (χ1) is 9.78. The molecule has 0 heterocycles. The molecule has 2 rings (SSSR count). The molecule has 0 amide bonds. The predicted octanol–water partition coefficient (Wildman–Crippen LogP) is 6.32. The van der Waals surface area contributed by atoms with Crippen LogP contribution in [0.25, 0.3) is 5.57 Å². The van der Waals surface area contributed by atoms with Crippen molar-refractivity contribution in [2.45, 2.75) is 65.7 Å². The Morgan fingerprint density at radius 2 is 1.45 bits per heavy atom. The first kappa shape index (κ1) is 15.1. The molecular weight excluding hydrogens is 240 g/mol. The Kier molecular flexibility index (Phi) is 5.64. The van der Waals surface area contributed by atoms with Crippen LogP contribution in [0.4, 0.5) is 0 Å². The van der Waals surface area contributed by atoms with E-state index < -0.39 is 0 Å². The first-order valence-electron chi connectivity index (χ1n) is 8.29. The molecule has 0 saturated heterocycles. The van der Waals surface area contributed by atoms with E-state index in [4.69, 9.17) is 0 Å². The number of hydrogen-bond acceptors (Lipinski definition) is 0. The fraction of sp³-hybridized carbons (Fsp3) is 0.500. The van der Waals surface area contributed by atoms with Gasteiger partial charge in [0.2, 0.25) is 0 Å². The van der Waals surface area contributed by atoms with Crippen LogP contribution in [-0.2, 0) is 6.42 Å². The van der Waals surface area contributed by atoms with Crippen molar-refractivity contribution in [2.24, 2.45) is 0 Å². The third-order valence-corrected chi connectivity index (χ3v) is 4.10. The summed E-state index contributed by atoms with van der Waals surface area (Å²) < 4.78 is 0. The van der Waals surface area contributed by atoms with Gasteiger partial charge in [-0.3, -0.25) is 0 Å². The maximum absolute atomic E-state index is 2.46. The molecule has 0 spiro atoms. The number of hydrogen-bond donors (Lipinski definition) is 0. The summed E-state index contributed by atoms with van der Waals surface area (Å²) in [6.45, 7) is 6.80. The van der Waals surface area contributed by atoms with Gasteiger partial charge in [0.1, 0.15) is 0 Å². The Hall–Kier alpha value is -1.30. The highest BCUT2D eigenvalue weighted by Gasteiger charge is 2.16. The second-order valence-corrected chi connectivity index (χ2v) is 5.94. The topological polar surface area (TPSA) is 0 Å². The summed E-state index contributed by atoms with van der Waals surface area (Å²) in [4.78, 5) is 0. The Morgan fingerprint density at radius 3 is 2.05 bits per heavy atom. The van der Waals surface area contributed by atoms with E-state index in [-0.39, 0.29) is 0 Å². The number of aryl methyl sites for hydroxylation is 1. The molecule has 0 saturated carbocycles. The second-order valence-electron chi connectivity index (χ2n) is 5.94. The summed E-state index contributed by atoms with van der Waals surface area (Å²) >= 11 is 0. The zero-order valence-electron chi connectivity index (χ0n) is 13.3. The SMILES string of the molecule is CCCC1=CC(c2ccc(CCC)cc2)=C(CCC)C1. The van der Waals surface area contributed by atoms with Crippen molar-refractivity contribution in [1.29, 1.82) is 0 Å². The Bertz CT molecular complexity index is 485. The lowest BCUT2D eigenvalue weighted by Gasteiger charge is -2.07. The van der Waals surface area contributed by atoms with Crippen molar-refractivity contribution >= 4 is 5.57 Å². The van der Waals surface area contributed by atoms with Gasteiger partial charge in [-0.25, -0.2) is 0 Å². The van der Waals surface area contributed by atoms with Gasteiger partial charge in [-0.1, -0.05) is 81.5 Å². The molecule has 0 fully saturated rings. The highest BCUT2D eigenvalue weighted by Crippen LogP contribution is 2.36. The minimum atomic E-state index is 1.19. The molecule has 1 aromatic rings. The normalized spacial score (nSPS) is 14.8. The molecular formula is C20H28. The van der Waals surface area contributed by atoms with E-state index in [9.17, 15) is 0 Å². The van der Waals surface area contributed by atoms with Crippen LogP contribution in [0, 0.1) is 0 Å². The van der Waals surface area contributed by atoms with Crippen molar-refractivity contribution in [3.8, 4) is 0 Å². The van der Waals surface area contributed by atoms with Crippen molar-refractivity contribution in [3.05, 3.63) is 52.6 Å². The minimum absolute atomic E-state index is 1.19. The van der Waals surface area contributed by atoms with Crippen LogP contribution in [0.3, 0.4) is 0 Å². The summed E-state index contributed by atoms with van der Waals surface area (Å²) in [6.07, 6.45) is 11.1. The molecule has 1 aliphatic carbocycles. The molecule has 1 aromatic carbocycles. The molecule has 1 aliphatic rings. The minimum Gasteiger partial charge on any atom is -0.0655 e. The van der Waals surface area contributed by atoms with Gasteiger partial charge in [-0.05, 0) is 42.4 Å². The number of rotatable bonds is 7. The monoisotopic (exact) mass is 268 g/mol. The Morgan fingerprint density at radius 1 is 0.800 bits per heavy atom. The van der Waals surface area contributed by atoms with Crippen molar-refractivity contribution < 1.29 is 0 Å². The standard InChI is InChI=1S/C20H28/c1-4-7-16-10-12-18(13-11-16)20-15-17(8-5-2)14-19(20)9-6-3/h10-13,15H,4-9,14H2,1-3H3. The van der Waals surface area contributed by atoms with Gasteiger partial charge < -0.3 is 0 Å². The van der Waals surface area contributed by atoms with Gasteiger partial charge in [-0.2, -0.15) is 0 Å². The van der Waals surface area contributed by atoms with E-state index in [1.807, 2.05) is 0 Å². The van der Waals surface area contributed by atoms with Gasteiger partial charge in [-0.15, -0.1) is 0 Å². The highest BCUT2D eigenvalue weighted by atomic mass is 14.2. The third kappa shape index (κ3) is 3.62. The van der Waals surface area contributed by atoms with E-state index in [2.05, 4.69) is 51.1 Å². The fourth-order valence-electron chi connectivity index (χ4n) is 3.16. The summed E-state index contributed by atoms with van der Waals surface area (Å²) in [5, 5.41) is 0. The smallest absolute Gasteiger partial charge is 0.00959 e. The molecule has 0 nitrogen and oxygen atoms in total. The van der Waals surface area contributed by atoms with Crippen molar-refractivity contribution in [3.63, 3.8) is 0 Å². The van der Waals surface area contributed by atoms with E-state index in [0.29, 0.717) is 0 Å². The van der Waals surface area contributed by atoms with Crippen LogP contribution in [-0.4, -0.2) is 0 Å². The lowest BCUT2D eigenvalue weighted by Crippen LogP contribution is -1.88. The van der Waals surface area contributed by atoms with E-state index in [1.54, 1.807) is 11.1 Å². The van der Waals surface area contributed by atoms with E-state index in [0.717, 1.165) is 0 Å². The molecule has 0 aromatic heterocycles. The zero-order valence-corrected chi connectivity index (χ0v) is 13.3. The van der Waals surface area contributed by atoms with Gasteiger partial charge in [0.05, 0.1) is 0 Å². The quantitative estimate of drug-likeness (QED) is 0.542. The summed E-state index contributed by atoms with van der Waals surface area (Å²) in [5.74, 6) is 0. The highest BCUT2D eigenvalue weighted by molar-refractivity contribution is 5.80. The predicted molar refractivity (Wildman–Crippen MR) is 89.9 cm³/mol. The van der Waals surface area contributed by atoms with Crippen LogP contribution in [0.1, 0.15) is 70.4 Å². The van der Waals surface area contributed by atoms with Gasteiger partial charge in [0, 0.05) is 0 Å². The van der Waals surface area contributed by atoms with Crippen LogP contribution in [0.5, 0.6) is 0 Å². The largest absolute Gasteiger partial charge is 0.0655 e. The molecule has 0 atom stereocenters. The maximum atomic E-state index is 2.46. The maximum Gasteiger partial charge on any atom is -0.00959 e. The molecule has 20 heavy (non-hydrogen) atoms. The van der Waals surface area contributed by atoms with E-state index in [1.165, 1.54) is 61.6 Å². The Balaban J connectivity index is 2.23. The third-order valence-electron chi connectivity index (χ3n) is 4.10. The Labute approximate surface area is 124 Å². The molecule has 0 heteroatoms. The number of allylic oxidation sites excluding steroid dienone is 4. The molecule has 0 N–H and O–H groups in total. The lowest BCUT2D eigenvalue weighted by atomic mass is 9.97. The van der Waals surface area contributed by atoms with Gasteiger partial charge in [0.15, 0.2) is 0 Å². The molecule has 0 radical (unpaired) electrons. The fourth-order valence-corrected chi connectivity index (χ4v) is 3.16. The van der Waals surface area contributed by atoms with Crippen LogP contribution in [0.15, 0.2) is 41.5 Å². The van der Waals surface area contributed by atoms with Crippen LogP contribution in [0.2, 0.25) is 0 Å². The first-order valence-corrected chi connectivity index (χ1v) is 8.29. The average Bonchev–Trinajstić information content (AvgIpc) is 2.84. The molecule has 0 unspecified atom stereocenters. The van der Waals surface area contributed by atoms with Crippen LogP contribution >= 0.6 is 0 Å². The molecule has 0 aliphatic heterocycles. The van der Waals surface area contributed by atoms with Crippen molar-refractivity contribution in [2.75, 3.05) is 0 Å². The van der Waals surface area contributed by atoms with E-state index >= 15 is 0 Å². The van der Waals surface area contributed by atoms with Gasteiger partial charge >= 0.3 is 0 Å². The summed E-state index contributed by atoms with van der Waals surface area (Å²) in [7, 11) is 0. The molecule has 108 valence electrons. The lowest BCUT2D eigenvalue weighted by molar-refractivity contribution is 0.833. The average molecular weight is 268 g/mol. The van der Waals surface area contributed by atoms with Gasteiger partial charge in [0.25, 0.3) is 0 Å². The summed E-state index contributed by atoms with van der Waals surface area (Å²) in [6, 6.07) is 9.25. The molecule has 0 bridgehead atoms. The van der Waals surface area contributed by atoms with Crippen molar-refractivity contribution in [1.82, 2.24) is 0 Å². The summed E-state index contributed by atoms with van der Waals surface area (Å²) in [5.41, 5.74) is 7.67. The van der Waals surface area contributed by atoms with Crippen LogP contribution < -0.4 is 0 Å². The number of benzene rings is 1.